The molecule has 5 aromatic rings. The Bertz CT molecular complexity index is 1280. The second-order valence-corrected chi connectivity index (χ2v) is 10.1. The second-order valence-electron chi connectivity index (χ2n) is 8.33. The molecule has 0 aromatic heterocycles. The molecule has 0 aliphatic rings. The highest BCUT2D eigenvalue weighted by Gasteiger charge is 2.19. The van der Waals surface area contributed by atoms with Crippen LogP contribution in [0.5, 0.6) is 17.2 Å². The molecule has 0 spiro atoms. The van der Waals surface area contributed by atoms with Gasteiger partial charge in [0.25, 0.3) is 0 Å². The fourth-order valence-electron chi connectivity index (χ4n) is 3.58. The van der Waals surface area contributed by atoms with Crippen LogP contribution in [-0.4, -0.2) is 16.4 Å². The molecule has 0 amide bonds. The standard InChI is InChI=1S/C18H15O3P.C15H15O3P/c1-4-10-16(11-5-1)19-22(20-17-12-6-2-7-13-17)21-18-14-8-3-9-15-18;16-19(17)18-12-11-15(13-7-3-1-4-8-13)14-9-5-2-6-10-14/h1-15H;1-11,16-17H,12H2. The van der Waals surface area contributed by atoms with Crippen LogP contribution in [0.3, 0.4) is 0 Å². The molecule has 5 aromatic carbocycles. The molecule has 208 valence electrons. The van der Waals surface area contributed by atoms with E-state index in [1.165, 1.54) is 0 Å². The van der Waals surface area contributed by atoms with Crippen molar-refractivity contribution in [3.8, 4) is 17.2 Å². The highest BCUT2D eigenvalue weighted by atomic mass is 31.2. The van der Waals surface area contributed by atoms with E-state index in [4.69, 9.17) is 27.9 Å². The Labute approximate surface area is 243 Å². The highest BCUT2D eigenvalue weighted by Crippen LogP contribution is 2.42. The summed E-state index contributed by atoms with van der Waals surface area (Å²) in [6.45, 7) is 0.165. The van der Waals surface area contributed by atoms with Gasteiger partial charge in [-0.05, 0) is 59.2 Å². The summed E-state index contributed by atoms with van der Waals surface area (Å²) in [7, 11) is -3.90. The molecule has 0 aliphatic carbocycles. The fraction of sp³-hybridized carbons (Fsp3) is 0.0303. The maximum absolute atomic E-state index is 8.78. The van der Waals surface area contributed by atoms with Gasteiger partial charge in [0.15, 0.2) is 0 Å². The molecular weight excluding hydrogens is 554 g/mol. The van der Waals surface area contributed by atoms with Crippen LogP contribution in [0.2, 0.25) is 0 Å². The molecule has 0 heterocycles. The molecule has 6 nitrogen and oxygen atoms in total. The van der Waals surface area contributed by atoms with Crippen molar-refractivity contribution in [3.63, 3.8) is 0 Å². The quantitative estimate of drug-likeness (QED) is 0.151. The Kier molecular flexibility index (Phi) is 12.4. The lowest BCUT2D eigenvalue weighted by Crippen LogP contribution is -2.02. The summed E-state index contributed by atoms with van der Waals surface area (Å²) in [5.74, 6) is 2.13. The minimum Gasteiger partial charge on any atom is -0.409 e. The molecular formula is C33H30O6P2. The van der Waals surface area contributed by atoms with Crippen molar-refractivity contribution in [2.75, 3.05) is 6.61 Å². The largest absolute Gasteiger partial charge is 0.530 e. The first-order chi connectivity index (χ1) is 20.2. The summed E-state index contributed by atoms with van der Waals surface area (Å²) in [6.07, 6.45) is 1.85. The molecule has 0 aliphatic heterocycles. The maximum atomic E-state index is 8.78. The molecule has 0 saturated carbocycles. The number of para-hydroxylation sites is 3. The zero-order chi connectivity index (χ0) is 28.5. The van der Waals surface area contributed by atoms with E-state index in [1.54, 1.807) is 0 Å². The Morgan fingerprint density at radius 2 is 0.805 bits per heavy atom. The van der Waals surface area contributed by atoms with Crippen molar-refractivity contribution < 1.29 is 27.9 Å². The lowest BCUT2D eigenvalue weighted by Gasteiger charge is -2.17. The van der Waals surface area contributed by atoms with Gasteiger partial charge in [0, 0.05) is 0 Å². The van der Waals surface area contributed by atoms with E-state index in [0.717, 1.165) is 16.7 Å². The molecule has 0 radical (unpaired) electrons. The van der Waals surface area contributed by atoms with E-state index in [0.29, 0.717) is 17.2 Å². The van der Waals surface area contributed by atoms with Crippen LogP contribution in [0.1, 0.15) is 11.1 Å². The molecule has 0 bridgehead atoms. The van der Waals surface area contributed by atoms with E-state index in [1.807, 2.05) is 158 Å². The molecule has 5 rings (SSSR count). The van der Waals surface area contributed by atoms with Gasteiger partial charge in [-0.15, -0.1) is 0 Å². The Balaban J connectivity index is 0.000000191. The average molecular weight is 585 g/mol. The van der Waals surface area contributed by atoms with Gasteiger partial charge >= 0.3 is 17.2 Å². The van der Waals surface area contributed by atoms with Gasteiger partial charge in [0.2, 0.25) is 0 Å². The van der Waals surface area contributed by atoms with Gasteiger partial charge < -0.3 is 27.9 Å². The summed E-state index contributed by atoms with van der Waals surface area (Å²) in [5, 5.41) is 0. The van der Waals surface area contributed by atoms with E-state index >= 15 is 0 Å². The molecule has 0 fully saturated rings. The minimum absolute atomic E-state index is 0.165. The first-order valence-electron chi connectivity index (χ1n) is 12.8. The van der Waals surface area contributed by atoms with Crippen LogP contribution >= 0.6 is 17.2 Å². The SMILES string of the molecule is OP(O)OCC=C(c1ccccc1)c1ccccc1.c1ccc(OP(Oc2ccccc2)Oc2ccccc2)cc1. The van der Waals surface area contributed by atoms with Crippen molar-refractivity contribution in [1.29, 1.82) is 0 Å². The van der Waals surface area contributed by atoms with Gasteiger partial charge in [-0.1, -0.05) is 115 Å². The third kappa shape index (κ3) is 10.8. The van der Waals surface area contributed by atoms with E-state index in [2.05, 4.69) is 0 Å². The van der Waals surface area contributed by atoms with Crippen molar-refractivity contribution >= 4 is 22.8 Å². The van der Waals surface area contributed by atoms with Gasteiger partial charge in [0.05, 0.1) is 6.61 Å². The van der Waals surface area contributed by atoms with Crippen molar-refractivity contribution in [2.24, 2.45) is 0 Å². The number of hydrogen-bond donors (Lipinski definition) is 2. The van der Waals surface area contributed by atoms with Crippen molar-refractivity contribution in [3.05, 3.63) is 169 Å². The number of benzene rings is 5. The third-order valence-electron chi connectivity index (χ3n) is 5.42. The zero-order valence-electron chi connectivity index (χ0n) is 22.1. The number of rotatable bonds is 11. The van der Waals surface area contributed by atoms with Gasteiger partial charge in [-0.25, -0.2) is 0 Å². The first kappa shape index (κ1) is 30.0. The van der Waals surface area contributed by atoms with Crippen LogP contribution in [0, 0.1) is 0 Å². The van der Waals surface area contributed by atoms with Crippen LogP contribution in [0.15, 0.2) is 158 Å². The third-order valence-corrected chi connectivity index (χ3v) is 6.88. The monoisotopic (exact) mass is 584 g/mol. The number of hydrogen-bond acceptors (Lipinski definition) is 6. The average Bonchev–Trinajstić information content (AvgIpc) is 3.02. The maximum Gasteiger partial charge on any atom is 0.530 e. The Hall–Kier alpha value is -4.02. The fourth-order valence-corrected chi connectivity index (χ4v) is 4.78. The Morgan fingerprint density at radius 1 is 0.488 bits per heavy atom. The van der Waals surface area contributed by atoms with Gasteiger partial charge in [-0.2, -0.15) is 0 Å². The van der Waals surface area contributed by atoms with Crippen molar-refractivity contribution in [1.82, 2.24) is 0 Å². The summed E-state index contributed by atoms with van der Waals surface area (Å²) in [6, 6.07) is 48.4. The minimum atomic E-state index is -2.31. The van der Waals surface area contributed by atoms with E-state index < -0.39 is 17.2 Å². The summed E-state index contributed by atoms with van der Waals surface area (Å²) >= 11 is 0. The predicted octanol–water partition coefficient (Wildman–Crippen LogP) is 8.80. The lowest BCUT2D eigenvalue weighted by atomic mass is 9.98. The molecule has 8 heteroatoms. The summed E-state index contributed by atoms with van der Waals surface area (Å²) in [5.41, 5.74) is 3.15. The molecule has 2 N–H and O–H groups in total. The summed E-state index contributed by atoms with van der Waals surface area (Å²) < 4.78 is 22.3. The van der Waals surface area contributed by atoms with E-state index in [-0.39, 0.29) is 6.61 Å². The summed E-state index contributed by atoms with van der Waals surface area (Å²) in [4.78, 5) is 17.6. The predicted molar refractivity (Wildman–Crippen MR) is 165 cm³/mol. The molecule has 41 heavy (non-hydrogen) atoms. The highest BCUT2D eigenvalue weighted by molar-refractivity contribution is 7.43. The van der Waals surface area contributed by atoms with Gasteiger partial charge in [-0.3, -0.25) is 0 Å². The first-order valence-corrected chi connectivity index (χ1v) is 15.0. The molecule has 0 unspecified atom stereocenters. The van der Waals surface area contributed by atoms with Crippen molar-refractivity contribution in [2.45, 2.75) is 0 Å². The second kappa shape index (κ2) is 16.9. The van der Waals surface area contributed by atoms with Crippen LogP contribution in [-0.2, 0) is 4.52 Å². The normalized spacial score (nSPS) is 10.3. The molecule has 0 atom stereocenters. The smallest absolute Gasteiger partial charge is 0.409 e. The van der Waals surface area contributed by atoms with Crippen LogP contribution in [0.4, 0.5) is 0 Å². The lowest BCUT2D eigenvalue weighted by molar-refractivity contribution is 0.282. The van der Waals surface area contributed by atoms with Gasteiger partial charge in [0.1, 0.15) is 17.2 Å². The van der Waals surface area contributed by atoms with Crippen LogP contribution < -0.4 is 13.6 Å². The zero-order valence-corrected chi connectivity index (χ0v) is 23.9. The topological polar surface area (TPSA) is 77.4 Å². The van der Waals surface area contributed by atoms with Crippen LogP contribution in [0.25, 0.3) is 5.57 Å². The Morgan fingerprint density at radius 3 is 1.12 bits per heavy atom. The molecule has 0 saturated heterocycles. The van der Waals surface area contributed by atoms with E-state index in [9.17, 15) is 0 Å².